The Balaban J connectivity index is 2.43. The molecule has 0 unspecified atom stereocenters. The van der Waals surface area contributed by atoms with Crippen LogP contribution in [0, 0.1) is 5.92 Å². The Morgan fingerprint density at radius 2 is 2.00 bits per heavy atom. The lowest BCUT2D eigenvalue weighted by Crippen LogP contribution is -2.14. The van der Waals surface area contributed by atoms with Crippen molar-refractivity contribution in [3.8, 4) is 0 Å². The number of aliphatic hydroxyl groups excluding tert-OH is 1. The van der Waals surface area contributed by atoms with Crippen molar-refractivity contribution >= 4 is 0 Å². The molecule has 0 radical (unpaired) electrons. The van der Waals surface area contributed by atoms with Crippen LogP contribution in [-0.4, -0.2) is 11.7 Å². The third-order valence-corrected chi connectivity index (χ3v) is 3.49. The van der Waals surface area contributed by atoms with Gasteiger partial charge in [0.25, 0.3) is 0 Å². The number of benzene rings is 1. The van der Waals surface area contributed by atoms with E-state index in [0.29, 0.717) is 5.92 Å². The number of rotatable bonds is 2. The van der Waals surface area contributed by atoms with Crippen molar-refractivity contribution in [2.75, 3.05) is 6.61 Å². The molecule has 0 heterocycles. The third kappa shape index (κ3) is 1.05. The number of hydrogen-bond donors (Lipinski definition) is 1. The van der Waals surface area contributed by atoms with E-state index in [1.165, 1.54) is 11.1 Å². The Kier molecular flexibility index (Phi) is 2.20. The first kappa shape index (κ1) is 9.47. The second-order valence-corrected chi connectivity index (χ2v) is 3.96. The number of allylic oxidation sites excluding steroid dienone is 1. The fourth-order valence-corrected chi connectivity index (χ4v) is 2.55. The first-order valence-corrected chi connectivity index (χ1v) is 5.10. The molecule has 1 aromatic carbocycles. The Morgan fingerprint density at radius 3 is 2.43 bits per heavy atom. The van der Waals surface area contributed by atoms with Crippen molar-refractivity contribution in [1.29, 1.82) is 0 Å². The molecule has 74 valence electrons. The summed E-state index contributed by atoms with van der Waals surface area (Å²) < 4.78 is 0. The summed E-state index contributed by atoms with van der Waals surface area (Å²) in [4.78, 5) is 0. The first-order chi connectivity index (χ1) is 6.77. The van der Waals surface area contributed by atoms with Crippen LogP contribution in [0.2, 0.25) is 0 Å². The van der Waals surface area contributed by atoms with Gasteiger partial charge in [-0.15, -0.1) is 0 Å². The maximum Gasteiger partial charge on any atom is 0.0571 e. The summed E-state index contributed by atoms with van der Waals surface area (Å²) in [7, 11) is 0. The van der Waals surface area contributed by atoms with E-state index in [-0.39, 0.29) is 12.0 Å². The molecule has 2 rings (SSSR count). The molecule has 1 aliphatic rings. The molecular formula is C13H16O. The van der Waals surface area contributed by atoms with E-state index in [1.54, 1.807) is 0 Å². The molecule has 0 saturated heterocycles. The van der Waals surface area contributed by atoms with Gasteiger partial charge >= 0.3 is 0 Å². The fourth-order valence-electron chi connectivity index (χ4n) is 2.55. The largest absolute Gasteiger partial charge is 0.395 e. The molecular weight excluding hydrogens is 172 g/mol. The SMILES string of the molecule is C/C=C1\[C@@H](C)[C@@]1(CO)c1ccccc1. The number of hydrogen-bond acceptors (Lipinski definition) is 1. The van der Waals surface area contributed by atoms with Crippen molar-refractivity contribution in [1.82, 2.24) is 0 Å². The van der Waals surface area contributed by atoms with Crippen LogP contribution in [-0.2, 0) is 5.41 Å². The maximum atomic E-state index is 9.54. The quantitative estimate of drug-likeness (QED) is 0.707. The molecule has 0 bridgehead atoms. The molecule has 0 spiro atoms. The Bertz CT molecular complexity index is 353. The van der Waals surface area contributed by atoms with Crippen LogP contribution >= 0.6 is 0 Å². The lowest BCUT2D eigenvalue weighted by Gasteiger charge is -2.12. The zero-order valence-corrected chi connectivity index (χ0v) is 8.70. The average molecular weight is 188 g/mol. The Labute approximate surface area is 85.1 Å². The van der Waals surface area contributed by atoms with E-state index in [0.717, 1.165) is 0 Å². The lowest BCUT2D eigenvalue weighted by molar-refractivity contribution is 0.251. The van der Waals surface area contributed by atoms with E-state index in [4.69, 9.17) is 0 Å². The maximum absolute atomic E-state index is 9.54. The Morgan fingerprint density at radius 1 is 1.36 bits per heavy atom. The third-order valence-electron chi connectivity index (χ3n) is 3.49. The highest BCUT2D eigenvalue weighted by Gasteiger charge is 2.56. The second-order valence-electron chi connectivity index (χ2n) is 3.96. The summed E-state index contributed by atoms with van der Waals surface area (Å²) in [6, 6.07) is 10.3. The van der Waals surface area contributed by atoms with Gasteiger partial charge in [0.15, 0.2) is 0 Å². The molecule has 1 nitrogen and oxygen atoms in total. The van der Waals surface area contributed by atoms with E-state index in [9.17, 15) is 5.11 Å². The summed E-state index contributed by atoms with van der Waals surface area (Å²) in [5, 5.41) is 9.54. The fraction of sp³-hybridized carbons (Fsp3) is 0.385. The molecule has 1 aliphatic carbocycles. The van der Waals surface area contributed by atoms with Crippen LogP contribution in [0.3, 0.4) is 0 Å². The summed E-state index contributed by atoms with van der Waals surface area (Å²) in [5.74, 6) is 0.486. The van der Waals surface area contributed by atoms with Gasteiger partial charge in [0.05, 0.1) is 6.61 Å². The summed E-state index contributed by atoms with van der Waals surface area (Å²) in [5.41, 5.74) is 2.53. The van der Waals surface area contributed by atoms with Crippen LogP contribution in [0.4, 0.5) is 0 Å². The highest BCUT2D eigenvalue weighted by molar-refractivity contribution is 5.52. The second kappa shape index (κ2) is 3.25. The van der Waals surface area contributed by atoms with Gasteiger partial charge < -0.3 is 5.11 Å². The van der Waals surface area contributed by atoms with Crippen LogP contribution < -0.4 is 0 Å². The molecule has 1 aromatic rings. The number of aliphatic hydroxyl groups is 1. The van der Waals surface area contributed by atoms with Gasteiger partial charge in [-0.2, -0.15) is 0 Å². The Hall–Kier alpha value is -1.08. The molecule has 1 fully saturated rings. The van der Waals surface area contributed by atoms with Gasteiger partial charge in [0, 0.05) is 5.41 Å². The molecule has 2 atom stereocenters. The standard InChI is InChI=1S/C13H16O/c1-3-12-10(2)13(12,9-14)11-7-5-4-6-8-11/h3-8,10,14H,9H2,1-2H3/b12-3+/t10-,13+/m1/s1. The van der Waals surface area contributed by atoms with Gasteiger partial charge in [0.1, 0.15) is 0 Å². The minimum atomic E-state index is -0.0734. The van der Waals surface area contributed by atoms with E-state index in [2.05, 4.69) is 25.1 Å². The minimum absolute atomic E-state index is 0.0734. The molecule has 0 amide bonds. The van der Waals surface area contributed by atoms with Gasteiger partial charge in [-0.05, 0) is 18.4 Å². The van der Waals surface area contributed by atoms with Crippen molar-refractivity contribution in [2.45, 2.75) is 19.3 Å². The van der Waals surface area contributed by atoms with E-state index >= 15 is 0 Å². The molecule has 0 aliphatic heterocycles. The molecule has 1 N–H and O–H groups in total. The van der Waals surface area contributed by atoms with Crippen molar-refractivity contribution in [3.05, 3.63) is 47.5 Å². The predicted molar refractivity (Wildman–Crippen MR) is 58.1 cm³/mol. The van der Waals surface area contributed by atoms with Gasteiger partial charge in [-0.3, -0.25) is 0 Å². The lowest BCUT2D eigenvalue weighted by atomic mass is 9.94. The van der Waals surface area contributed by atoms with E-state index < -0.39 is 0 Å². The normalized spacial score (nSPS) is 33.4. The highest BCUT2D eigenvalue weighted by atomic mass is 16.3. The van der Waals surface area contributed by atoms with Crippen LogP contribution in [0.1, 0.15) is 19.4 Å². The molecule has 1 saturated carbocycles. The van der Waals surface area contributed by atoms with Crippen molar-refractivity contribution in [3.63, 3.8) is 0 Å². The van der Waals surface area contributed by atoms with Gasteiger partial charge in [-0.25, -0.2) is 0 Å². The summed E-state index contributed by atoms with van der Waals surface area (Å²) >= 11 is 0. The molecule has 14 heavy (non-hydrogen) atoms. The highest BCUT2D eigenvalue weighted by Crippen LogP contribution is 2.58. The summed E-state index contributed by atoms with van der Waals surface area (Å²) in [6.45, 7) is 4.45. The molecule has 1 heteroatoms. The zero-order valence-electron chi connectivity index (χ0n) is 8.70. The minimum Gasteiger partial charge on any atom is -0.395 e. The first-order valence-electron chi connectivity index (χ1n) is 5.10. The predicted octanol–water partition coefficient (Wildman–Crippen LogP) is 2.51. The van der Waals surface area contributed by atoms with Crippen LogP contribution in [0.5, 0.6) is 0 Å². The van der Waals surface area contributed by atoms with Gasteiger partial charge in [-0.1, -0.05) is 48.9 Å². The topological polar surface area (TPSA) is 20.2 Å². The van der Waals surface area contributed by atoms with Gasteiger partial charge in [0.2, 0.25) is 0 Å². The zero-order chi connectivity index (χ0) is 10.2. The monoisotopic (exact) mass is 188 g/mol. The van der Waals surface area contributed by atoms with Crippen LogP contribution in [0.15, 0.2) is 42.0 Å². The van der Waals surface area contributed by atoms with Crippen molar-refractivity contribution < 1.29 is 5.11 Å². The smallest absolute Gasteiger partial charge is 0.0571 e. The molecule has 0 aromatic heterocycles. The van der Waals surface area contributed by atoms with Crippen LogP contribution in [0.25, 0.3) is 0 Å². The van der Waals surface area contributed by atoms with E-state index in [1.807, 2.05) is 25.1 Å². The summed E-state index contributed by atoms with van der Waals surface area (Å²) in [6.07, 6.45) is 2.13. The van der Waals surface area contributed by atoms with Crippen molar-refractivity contribution in [2.24, 2.45) is 5.92 Å². The average Bonchev–Trinajstić information content (AvgIpc) is 2.85.